The molecule has 3 rings (SSSR count). The number of urea groups is 1. The van der Waals surface area contributed by atoms with E-state index in [4.69, 9.17) is 4.74 Å². The van der Waals surface area contributed by atoms with Crippen molar-refractivity contribution < 1.29 is 13.9 Å². The summed E-state index contributed by atoms with van der Waals surface area (Å²) in [5.74, 6) is 0.519. The maximum absolute atomic E-state index is 13.5. The van der Waals surface area contributed by atoms with Gasteiger partial charge in [-0.2, -0.15) is 0 Å². The number of hydrogen-bond donors (Lipinski definition) is 2. The van der Waals surface area contributed by atoms with Crippen LogP contribution in [0.1, 0.15) is 48.5 Å². The van der Waals surface area contributed by atoms with Crippen LogP contribution in [-0.2, 0) is 6.42 Å². The Morgan fingerprint density at radius 1 is 1.28 bits per heavy atom. The summed E-state index contributed by atoms with van der Waals surface area (Å²) in [5, 5.41) is 5.99. The summed E-state index contributed by atoms with van der Waals surface area (Å²) < 4.78 is 18.6. The molecule has 0 saturated carbocycles. The summed E-state index contributed by atoms with van der Waals surface area (Å²) in [6.45, 7) is 2.02. The highest BCUT2D eigenvalue weighted by Crippen LogP contribution is 2.31. The van der Waals surface area contributed by atoms with Crippen molar-refractivity contribution in [1.29, 1.82) is 0 Å². The quantitative estimate of drug-likeness (QED) is 0.852. The minimum Gasteiger partial charge on any atom is -0.497 e. The molecule has 0 fully saturated rings. The Bertz CT molecular complexity index is 746. The van der Waals surface area contributed by atoms with Crippen LogP contribution in [0, 0.1) is 5.82 Å². The number of aryl methyl sites for hydroxylation is 1. The highest BCUT2D eigenvalue weighted by atomic mass is 19.1. The van der Waals surface area contributed by atoms with Crippen LogP contribution in [0.5, 0.6) is 5.75 Å². The fourth-order valence-corrected chi connectivity index (χ4v) is 3.34. The Labute approximate surface area is 147 Å². The number of nitrogens with one attached hydrogen (secondary N) is 2. The third-order valence-corrected chi connectivity index (χ3v) is 4.72. The molecule has 0 aromatic heterocycles. The highest BCUT2D eigenvalue weighted by molar-refractivity contribution is 5.75. The van der Waals surface area contributed by atoms with E-state index in [1.807, 2.05) is 31.2 Å². The van der Waals surface area contributed by atoms with Gasteiger partial charge in [0.2, 0.25) is 0 Å². The Hall–Kier alpha value is -2.56. The number of fused-ring (bicyclic) bond motifs is 1. The van der Waals surface area contributed by atoms with Crippen LogP contribution in [0.3, 0.4) is 0 Å². The van der Waals surface area contributed by atoms with Gasteiger partial charge in [-0.25, -0.2) is 9.18 Å². The number of methoxy groups -OCH3 is 1. The molecule has 0 bridgehead atoms. The molecule has 4 nitrogen and oxygen atoms in total. The van der Waals surface area contributed by atoms with Crippen LogP contribution >= 0.6 is 0 Å². The number of carbonyl (C=O) groups excluding carboxylic acids is 1. The van der Waals surface area contributed by atoms with E-state index in [0.717, 1.165) is 41.7 Å². The van der Waals surface area contributed by atoms with Crippen LogP contribution in [0.2, 0.25) is 0 Å². The van der Waals surface area contributed by atoms with Gasteiger partial charge in [-0.05, 0) is 60.2 Å². The first-order valence-electron chi connectivity index (χ1n) is 8.60. The second kappa shape index (κ2) is 7.55. The van der Waals surface area contributed by atoms with Crippen molar-refractivity contribution in [3.63, 3.8) is 0 Å². The van der Waals surface area contributed by atoms with E-state index in [9.17, 15) is 9.18 Å². The monoisotopic (exact) mass is 342 g/mol. The van der Waals surface area contributed by atoms with Crippen molar-refractivity contribution in [2.75, 3.05) is 7.11 Å². The SMILES string of the molecule is CCC(NC(=O)NC1CCc2ccc(F)cc21)c1ccc(OC)cc1. The molecule has 0 aliphatic heterocycles. The molecule has 5 heteroatoms. The number of ether oxygens (including phenoxy) is 1. The minimum atomic E-state index is -0.266. The maximum atomic E-state index is 13.5. The molecule has 0 radical (unpaired) electrons. The molecule has 132 valence electrons. The summed E-state index contributed by atoms with van der Waals surface area (Å²) in [6.07, 6.45) is 2.43. The zero-order chi connectivity index (χ0) is 17.8. The van der Waals surface area contributed by atoms with E-state index in [1.165, 1.54) is 12.1 Å². The molecule has 1 aliphatic rings. The van der Waals surface area contributed by atoms with Crippen molar-refractivity contribution in [2.24, 2.45) is 0 Å². The van der Waals surface area contributed by atoms with Gasteiger partial charge in [0.25, 0.3) is 0 Å². The Morgan fingerprint density at radius 3 is 2.72 bits per heavy atom. The number of amides is 2. The smallest absolute Gasteiger partial charge is 0.315 e. The Kier molecular flexibility index (Phi) is 5.22. The van der Waals surface area contributed by atoms with Crippen molar-refractivity contribution in [1.82, 2.24) is 10.6 Å². The van der Waals surface area contributed by atoms with Crippen molar-refractivity contribution in [2.45, 2.75) is 38.3 Å². The van der Waals surface area contributed by atoms with E-state index in [0.29, 0.717) is 0 Å². The van der Waals surface area contributed by atoms with Gasteiger partial charge in [0.15, 0.2) is 0 Å². The lowest BCUT2D eigenvalue weighted by Gasteiger charge is -2.21. The summed E-state index contributed by atoms with van der Waals surface area (Å²) >= 11 is 0. The van der Waals surface area contributed by atoms with Gasteiger partial charge in [0.05, 0.1) is 19.2 Å². The molecule has 2 N–H and O–H groups in total. The van der Waals surface area contributed by atoms with Crippen molar-refractivity contribution in [3.8, 4) is 5.75 Å². The molecule has 2 aromatic carbocycles. The zero-order valence-corrected chi connectivity index (χ0v) is 14.5. The average molecular weight is 342 g/mol. The standard InChI is InChI=1S/C20H23FN2O2/c1-3-18(14-5-9-16(25-2)10-6-14)22-20(24)23-19-11-7-13-4-8-15(21)12-17(13)19/h4-6,8-10,12,18-19H,3,7,11H2,1-2H3,(H2,22,23,24). The molecule has 2 aromatic rings. The fraction of sp³-hybridized carbons (Fsp3) is 0.350. The second-order valence-corrected chi connectivity index (χ2v) is 6.29. The predicted octanol–water partition coefficient (Wildman–Crippen LogP) is 4.27. The molecular weight excluding hydrogens is 319 g/mol. The van der Waals surface area contributed by atoms with Crippen LogP contribution in [0.25, 0.3) is 0 Å². The summed E-state index contributed by atoms with van der Waals surface area (Å²) in [4.78, 5) is 12.4. The minimum absolute atomic E-state index is 0.0840. The van der Waals surface area contributed by atoms with Gasteiger partial charge in [0, 0.05) is 0 Å². The summed E-state index contributed by atoms with van der Waals surface area (Å²) in [5.41, 5.74) is 3.01. The molecule has 0 saturated heterocycles. The van der Waals surface area contributed by atoms with Crippen LogP contribution in [0.4, 0.5) is 9.18 Å². The van der Waals surface area contributed by atoms with Crippen molar-refractivity contribution >= 4 is 6.03 Å². The number of hydrogen-bond acceptors (Lipinski definition) is 2. The Balaban J connectivity index is 1.64. The molecule has 25 heavy (non-hydrogen) atoms. The molecule has 1 aliphatic carbocycles. The average Bonchev–Trinajstić information content (AvgIpc) is 3.01. The molecule has 0 heterocycles. The van der Waals surface area contributed by atoms with Gasteiger partial charge < -0.3 is 15.4 Å². The molecule has 0 spiro atoms. The summed E-state index contributed by atoms with van der Waals surface area (Å²) in [6, 6.07) is 12.0. The van der Waals surface area contributed by atoms with E-state index in [2.05, 4.69) is 10.6 Å². The third-order valence-electron chi connectivity index (χ3n) is 4.72. The van der Waals surface area contributed by atoms with Gasteiger partial charge in [-0.1, -0.05) is 25.1 Å². The number of halogens is 1. The van der Waals surface area contributed by atoms with Gasteiger partial charge >= 0.3 is 6.03 Å². The predicted molar refractivity (Wildman–Crippen MR) is 95.2 cm³/mol. The van der Waals surface area contributed by atoms with Gasteiger partial charge in [-0.3, -0.25) is 0 Å². The van der Waals surface area contributed by atoms with Crippen LogP contribution in [-0.4, -0.2) is 13.1 Å². The fourth-order valence-electron chi connectivity index (χ4n) is 3.34. The van der Waals surface area contributed by atoms with E-state index in [-0.39, 0.29) is 23.9 Å². The summed E-state index contributed by atoms with van der Waals surface area (Å²) in [7, 11) is 1.63. The maximum Gasteiger partial charge on any atom is 0.315 e. The first-order valence-corrected chi connectivity index (χ1v) is 8.60. The van der Waals surface area contributed by atoms with Gasteiger partial charge in [-0.15, -0.1) is 0 Å². The van der Waals surface area contributed by atoms with Gasteiger partial charge in [0.1, 0.15) is 11.6 Å². The lowest BCUT2D eigenvalue weighted by Crippen LogP contribution is -2.39. The highest BCUT2D eigenvalue weighted by Gasteiger charge is 2.25. The van der Waals surface area contributed by atoms with Crippen molar-refractivity contribution in [3.05, 3.63) is 65.0 Å². The molecular formula is C20H23FN2O2. The molecule has 2 unspecified atom stereocenters. The van der Waals surface area contributed by atoms with E-state index >= 15 is 0 Å². The van der Waals surface area contributed by atoms with E-state index < -0.39 is 0 Å². The lowest BCUT2D eigenvalue weighted by molar-refractivity contribution is 0.232. The topological polar surface area (TPSA) is 50.4 Å². The zero-order valence-electron chi connectivity index (χ0n) is 14.5. The van der Waals surface area contributed by atoms with Crippen LogP contribution < -0.4 is 15.4 Å². The first kappa shape index (κ1) is 17.3. The third kappa shape index (κ3) is 3.92. The molecule has 2 atom stereocenters. The molecule has 2 amide bonds. The Morgan fingerprint density at radius 2 is 2.04 bits per heavy atom. The second-order valence-electron chi connectivity index (χ2n) is 6.29. The van der Waals surface area contributed by atoms with E-state index in [1.54, 1.807) is 13.2 Å². The normalized spacial score (nSPS) is 16.8. The number of carbonyl (C=O) groups is 1. The number of benzene rings is 2. The largest absolute Gasteiger partial charge is 0.497 e. The first-order chi connectivity index (χ1) is 12.1. The number of rotatable bonds is 5. The lowest BCUT2D eigenvalue weighted by atomic mass is 10.0. The van der Waals surface area contributed by atoms with Crippen LogP contribution in [0.15, 0.2) is 42.5 Å².